The number of morpholine rings is 1. The molecule has 0 saturated carbocycles. The van der Waals surface area contributed by atoms with Crippen molar-refractivity contribution in [2.75, 3.05) is 67.6 Å². The van der Waals surface area contributed by atoms with E-state index in [0.29, 0.717) is 18.9 Å². The molecule has 0 aliphatic carbocycles. The van der Waals surface area contributed by atoms with Crippen LogP contribution in [0.2, 0.25) is 0 Å². The highest BCUT2D eigenvalue weighted by Gasteiger charge is 2.26. The lowest BCUT2D eigenvalue weighted by Gasteiger charge is -2.38. The van der Waals surface area contributed by atoms with Crippen molar-refractivity contribution in [3.8, 4) is 0 Å². The second kappa shape index (κ2) is 9.36. The molecule has 0 radical (unpaired) electrons. The first kappa shape index (κ1) is 20.5. The molecular weight excluding hydrogens is 387 g/mol. The molecule has 1 unspecified atom stereocenters. The molecule has 1 aromatic heterocycles. The molecule has 8 nitrogen and oxygen atoms in total. The van der Waals surface area contributed by atoms with Crippen LogP contribution in [0.3, 0.4) is 0 Å². The third-order valence-corrected chi connectivity index (χ3v) is 5.63. The molecule has 1 atom stereocenters. The second-order valence-corrected chi connectivity index (χ2v) is 7.53. The molecule has 1 amide bonds. The fourth-order valence-electron chi connectivity index (χ4n) is 3.79. The first-order valence-corrected chi connectivity index (χ1v) is 10.3. The minimum atomic E-state index is -0.365. The standard InChI is InChI=1S/C21H27FN6O2/c1-16(21(29)25-18-4-2-3-17(22)13-18)26-5-7-27(8-6-26)19-14-20(24-15-23-19)28-9-11-30-12-10-28/h2-4,13-16H,5-12H2,1H3,(H,25,29). The van der Waals surface area contributed by atoms with Crippen LogP contribution in [-0.2, 0) is 9.53 Å². The number of hydrogen-bond donors (Lipinski definition) is 1. The first-order chi connectivity index (χ1) is 14.6. The van der Waals surface area contributed by atoms with E-state index in [0.717, 1.165) is 50.9 Å². The highest BCUT2D eigenvalue weighted by Crippen LogP contribution is 2.20. The van der Waals surface area contributed by atoms with E-state index < -0.39 is 0 Å². The van der Waals surface area contributed by atoms with Crippen molar-refractivity contribution in [1.82, 2.24) is 14.9 Å². The zero-order chi connectivity index (χ0) is 20.9. The number of amides is 1. The monoisotopic (exact) mass is 414 g/mol. The molecule has 0 spiro atoms. The molecule has 1 N–H and O–H groups in total. The van der Waals surface area contributed by atoms with Crippen LogP contribution in [0.4, 0.5) is 21.7 Å². The van der Waals surface area contributed by atoms with Crippen molar-refractivity contribution in [2.45, 2.75) is 13.0 Å². The first-order valence-electron chi connectivity index (χ1n) is 10.3. The van der Waals surface area contributed by atoms with Crippen LogP contribution in [-0.4, -0.2) is 79.3 Å². The number of nitrogens with one attached hydrogen (secondary N) is 1. The van der Waals surface area contributed by atoms with Crippen molar-refractivity contribution < 1.29 is 13.9 Å². The Balaban J connectivity index is 1.32. The number of hydrogen-bond acceptors (Lipinski definition) is 7. The van der Waals surface area contributed by atoms with E-state index >= 15 is 0 Å². The lowest BCUT2D eigenvalue weighted by Crippen LogP contribution is -2.53. The van der Waals surface area contributed by atoms with Gasteiger partial charge in [0.05, 0.1) is 19.3 Å². The van der Waals surface area contributed by atoms with E-state index in [1.165, 1.54) is 12.1 Å². The molecule has 1 aromatic carbocycles. The highest BCUT2D eigenvalue weighted by atomic mass is 19.1. The van der Waals surface area contributed by atoms with Crippen LogP contribution in [0.15, 0.2) is 36.7 Å². The summed E-state index contributed by atoms with van der Waals surface area (Å²) >= 11 is 0. The third-order valence-electron chi connectivity index (χ3n) is 5.63. The van der Waals surface area contributed by atoms with Gasteiger partial charge in [0.15, 0.2) is 0 Å². The van der Waals surface area contributed by atoms with Gasteiger partial charge in [-0.05, 0) is 25.1 Å². The molecule has 3 heterocycles. The number of nitrogens with zero attached hydrogens (tertiary/aromatic N) is 5. The summed E-state index contributed by atoms with van der Waals surface area (Å²) in [5.74, 6) is 1.33. The average molecular weight is 414 g/mol. The molecule has 2 aliphatic heterocycles. The minimum Gasteiger partial charge on any atom is -0.378 e. The van der Waals surface area contributed by atoms with Crippen LogP contribution in [0.1, 0.15) is 6.92 Å². The molecule has 2 saturated heterocycles. The van der Waals surface area contributed by atoms with Gasteiger partial charge in [-0.3, -0.25) is 9.69 Å². The number of benzene rings is 1. The Hall–Kier alpha value is -2.78. The number of carbonyl (C=O) groups is 1. The van der Waals surface area contributed by atoms with Crippen LogP contribution in [0.25, 0.3) is 0 Å². The molecule has 9 heteroatoms. The fourth-order valence-corrected chi connectivity index (χ4v) is 3.79. The smallest absolute Gasteiger partial charge is 0.241 e. The Morgan fingerprint density at radius 3 is 2.37 bits per heavy atom. The number of piperazine rings is 1. The van der Waals surface area contributed by atoms with Gasteiger partial charge in [-0.25, -0.2) is 14.4 Å². The predicted molar refractivity (Wildman–Crippen MR) is 113 cm³/mol. The Kier molecular flexibility index (Phi) is 6.39. The highest BCUT2D eigenvalue weighted by molar-refractivity contribution is 5.94. The summed E-state index contributed by atoms with van der Waals surface area (Å²) in [5, 5.41) is 2.80. The number of anilines is 3. The maximum atomic E-state index is 13.3. The molecule has 2 fully saturated rings. The summed E-state index contributed by atoms with van der Waals surface area (Å²) in [5.41, 5.74) is 0.474. The van der Waals surface area contributed by atoms with Crippen LogP contribution < -0.4 is 15.1 Å². The SMILES string of the molecule is CC(C(=O)Nc1cccc(F)c1)N1CCN(c2cc(N3CCOCC3)ncn2)CC1. The zero-order valence-corrected chi connectivity index (χ0v) is 17.1. The van der Waals surface area contributed by atoms with E-state index in [4.69, 9.17) is 4.74 Å². The van der Waals surface area contributed by atoms with Gasteiger partial charge in [0.25, 0.3) is 0 Å². The number of aromatic nitrogens is 2. The maximum absolute atomic E-state index is 13.3. The topological polar surface area (TPSA) is 73.8 Å². The van der Waals surface area contributed by atoms with E-state index in [-0.39, 0.29) is 17.8 Å². The Morgan fingerprint density at radius 1 is 1.03 bits per heavy atom. The normalized spacial score (nSPS) is 18.9. The molecule has 2 aromatic rings. The van der Waals surface area contributed by atoms with Gasteiger partial charge in [0.1, 0.15) is 23.8 Å². The van der Waals surface area contributed by atoms with Gasteiger partial charge in [0.2, 0.25) is 5.91 Å². The number of ether oxygens (including phenoxy) is 1. The zero-order valence-electron chi connectivity index (χ0n) is 17.1. The van der Waals surface area contributed by atoms with Gasteiger partial charge in [-0.2, -0.15) is 0 Å². The van der Waals surface area contributed by atoms with Crippen molar-refractivity contribution in [3.05, 3.63) is 42.5 Å². The summed E-state index contributed by atoms with van der Waals surface area (Å²) in [4.78, 5) is 28.0. The third kappa shape index (κ3) is 4.85. The summed E-state index contributed by atoms with van der Waals surface area (Å²) in [6, 6.07) is 7.68. The predicted octanol–water partition coefficient (Wildman–Crippen LogP) is 1.60. The Morgan fingerprint density at radius 2 is 1.70 bits per heavy atom. The Labute approximate surface area is 175 Å². The fraction of sp³-hybridized carbons (Fsp3) is 0.476. The molecule has 0 bridgehead atoms. The van der Waals surface area contributed by atoms with Gasteiger partial charge >= 0.3 is 0 Å². The molecule has 30 heavy (non-hydrogen) atoms. The number of halogens is 1. The van der Waals surface area contributed by atoms with E-state index in [1.54, 1.807) is 18.5 Å². The molecule has 2 aliphatic rings. The summed E-state index contributed by atoms with van der Waals surface area (Å²) in [6.45, 7) is 8.02. The lowest BCUT2D eigenvalue weighted by molar-refractivity contribution is -0.120. The van der Waals surface area contributed by atoms with Gasteiger partial charge < -0.3 is 19.9 Å². The van der Waals surface area contributed by atoms with E-state index in [2.05, 4.69) is 30.0 Å². The van der Waals surface area contributed by atoms with Gasteiger partial charge in [0, 0.05) is 51.0 Å². The van der Waals surface area contributed by atoms with Gasteiger partial charge in [-0.1, -0.05) is 6.07 Å². The second-order valence-electron chi connectivity index (χ2n) is 7.53. The summed E-state index contributed by atoms with van der Waals surface area (Å²) in [7, 11) is 0. The summed E-state index contributed by atoms with van der Waals surface area (Å²) in [6.07, 6.45) is 1.61. The molecular formula is C21H27FN6O2. The lowest BCUT2D eigenvalue weighted by atomic mass is 10.2. The van der Waals surface area contributed by atoms with Crippen molar-refractivity contribution >= 4 is 23.2 Å². The number of carbonyl (C=O) groups excluding carboxylic acids is 1. The van der Waals surface area contributed by atoms with Crippen molar-refractivity contribution in [2.24, 2.45) is 0 Å². The van der Waals surface area contributed by atoms with Crippen molar-refractivity contribution in [3.63, 3.8) is 0 Å². The Bertz CT molecular complexity index is 868. The van der Waals surface area contributed by atoms with E-state index in [1.807, 2.05) is 13.0 Å². The largest absolute Gasteiger partial charge is 0.378 e. The molecule has 160 valence electrons. The molecule has 4 rings (SSSR count). The average Bonchev–Trinajstić information content (AvgIpc) is 2.79. The van der Waals surface area contributed by atoms with Crippen LogP contribution in [0, 0.1) is 5.82 Å². The van der Waals surface area contributed by atoms with Crippen molar-refractivity contribution in [1.29, 1.82) is 0 Å². The minimum absolute atomic E-state index is 0.134. The quantitative estimate of drug-likeness (QED) is 0.797. The van der Waals surface area contributed by atoms with Gasteiger partial charge in [-0.15, -0.1) is 0 Å². The maximum Gasteiger partial charge on any atom is 0.241 e. The van der Waals surface area contributed by atoms with Crippen LogP contribution >= 0.6 is 0 Å². The van der Waals surface area contributed by atoms with E-state index in [9.17, 15) is 9.18 Å². The van der Waals surface area contributed by atoms with Crippen LogP contribution in [0.5, 0.6) is 0 Å². The number of rotatable bonds is 5. The summed E-state index contributed by atoms with van der Waals surface area (Å²) < 4.78 is 18.8.